The third-order valence-electron chi connectivity index (χ3n) is 4.80. The van der Waals surface area contributed by atoms with Gasteiger partial charge in [0.1, 0.15) is 17.4 Å². The lowest BCUT2D eigenvalue weighted by Gasteiger charge is -2.23. The van der Waals surface area contributed by atoms with Gasteiger partial charge in [0.25, 0.3) is 5.91 Å². The van der Waals surface area contributed by atoms with E-state index in [-0.39, 0.29) is 12.8 Å². The second kappa shape index (κ2) is 10.5. The summed E-state index contributed by atoms with van der Waals surface area (Å²) in [6.45, 7) is 5.92. The van der Waals surface area contributed by atoms with Gasteiger partial charge in [-0.3, -0.25) is 14.2 Å². The van der Waals surface area contributed by atoms with E-state index in [0.29, 0.717) is 17.7 Å². The van der Waals surface area contributed by atoms with Crippen molar-refractivity contribution in [3.63, 3.8) is 0 Å². The van der Waals surface area contributed by atoms with Crippen molar-refractivity contribution in [3.8, 4) is 5.75 Å². The Balaban J connectivity index is 2.43. The van der Waals surface area contributed by atoms with Gasteiger partial charge in [0.2, 0.25) is 0 Å². The highest BCUT2D eigenvalue weighted by Crippen LogP contribution is 2.27. The number of carbonyl (C=O) groups is 3. The molecule has 0 aliphatic heterocycles. The molecule has 176 valence electrons. The molecule has 0 fully saturated rings. The van der Waals surface area contributed by atoms with E-state index in [1.165, 1.54) is 4.57 Å². The highest BCUT2D eigenvalue weighted by Gasteiger charge is 2.27. The number of aliphatic carboxylic acids is 1. The fourth-order valence-corrected chi connectivity index (χ4v) is 3.27. The summed E-state index contributed by atoms with van der Waals surface area (Å²) >= 11 is 0. The summed E-state index contributed by atoms with van der Waals surface area (Å²) in [5.41, 5.74) is 0.867. The summed E-state index contributed by atoms with van der Waals surface area (Å²) in [5, 5.41) is 12.5. The van der Waals surface area contributed by atoms with Gasteiger partial charge >= 0.3 is 12.1 Å². The first-order valence-electron chi connectivity index (χ1n) is 10.5. The molecule has 1 aromatic heterocycles. The van der Waals surface area contributed by atoms with E-state index in [4.69, 9.17) is 14.6 Å². The summed E-state index contributed by atoms with van der Waals surface area (Å²) in [6.07, 6.45) is 1.35. The van der Waals surface area contributed by atoms with Gasteiger partial charge in [-0.2, -0.15) is 0 Å². The molecular formula is C23H33N3O6. The van der Waals surface area contributed by atoms with Crippen molar-refractivity contribution in [1.82, 2.24) is 14.8 Å². The Labute approximate surface area is 188 Å². The molecule has 32 heavy (non-hydrogen) atoms. The number of fused-ring (bicyclic) bond motifs is 1. The van der Waals surface area contributed by atoms with Crippen LogP contribution < -0.4 is 10.1 Å². The number of methoxy groups -OCH3 is 1. The summed E-state index contributed by atoms with van der Waals surface area (Å²) < 4.78 is 12.1. The Morgan fingerprint density at radius 3 is 2.47 bits per heavy atom. The number of nitrogens with zero attached hydrogens (tertiary/aromatic N) is 2. The minimum Gasteiger partial charge on any atom is -0.497 e. The topological polar surface area (TPSA) is 110 Å². The van der Waals surface area contributed by atoms with Crippen LogP contribution in [0.2, 0.25) is 0 Å². The second-order valence-electron chi connectivity index (χ2n) is 8.93. The molecule has 0 saturated carbocycles. The Kier molecular flexibility index (Phi) is 8.26. The molecule has 2 N–H and O–H groups in total. The number of ether oxygens (including phenoxy) is 2. The quantitative estimate of drug-likeness (QED) is 0.608. The van der Waals surface area contributed by atoms with Gasteiger partial charge < -0.3 is 24.8 Å². The number of carboxylic acid groups (broad SMARTS) is 1. The molecule has 1 aromatic carbocycles. The molecule has 1 amide bonds. The summed E-state index contributed by atoms with van der Waals surface area (Å²) in [4.78, 5) is 38.9. The number of benzene rings is 1. The van der Waals surface area contributed by atoms with Crippen LogP contribution in [-0.2, 0) is 16.0 Å². The maximum absolute atomic E-state index is 13.4. The van der Waals surface area contributed by atoms with Crippen LogP contribution in [0, 0.1) is 0 Å². The molecule has 0 aliphatic carbocycles. The SMILES string of the molecule is COc1ccc2c(c1)c(CCN(C)C)cn2C(=O)C(CCC(=O)O)NC(=O)OC(C)(C)C. The molecule has 2 aromatic rings. The molecule has 1 unspecified atom stereocenters. The second-order valence-corrected chi connectivity index (χ2v) is 8.93. The zero-order valence-electron chi connectivity index (χ0n) is 19.6. The number of likely N-dealkylation sites (N-methyl/N-ethyl adjacent to an activating group) is 1. The number of alkyl carbamates (subject to hydrolysis) is 1. The van der Waals surface area contributed by atoms with Crippen LogP contribution in [0.1, 0.15) is 44.0 Å². The standard InChI is InChI=1S/C23H33N3O6/c1-23(2,3)32-22(30)24-18(8-10-20(27)28)21(29)26-14-15(11-12-25(4)5)17-13-16(31-6)7-9-19(17)26/h7,9,13-14,18H,8,10-12H2,1-6H3,(H,24,30)(H,27,28). The summed E-state index contributed by atoms with van der Waals surface area (Å²) in [5.74, 6) is -0.811. The zero-order valence-corrected chi connectivity index (χ0v) is 19.6. The van der Waals surface area contributed by atoms with E-state index in [9.17, 15) is 14.4 Å². The molecule has 9 heteroatoms. The molecular weight excluding hydrogens is 414 g/mol. The van der Waals surface area contributed by atoms with Crippen LogP contribution in [0.5, 0.6) is 5.75 Å². The van der Waals surface area contributed by atoms with E-state index in [1.54, 1.807) is 46.2 Å². The summed E-state index contributed by atoms with van der Waals surface area (Å²) in [6, 6.07) is 4.36. The van der Waals surface area contributed by atoms with Crippen LogP contribution in [0.15, 0.2) is 24.4 Å². The molecule has 0 bridgehead atoms. The van der Waals surface area contributed by atoms with Crippen molar-refractivity contribution >= 4 is 28.9 Å². The van der Waals surface area contributed by atoms with Gasteiger partial charge in [0.05, 0.1) is 12.6 Å². The molecule has 0 radical (unpaired) electrons. The molecule has 0 saturated heterocycles. The molecule has 0 aliphatic rings. The average Bonchev–Trinajstić information content (AvgIpc) is 3.05. The number of amides is 1. The number of aromatic nitrogens is 1. The van der Waals surface area contributed by atoms with Gasteiger partial charge in [-0.1, -0.05) is 0 Å². The van der Waals surface area contributed by atoms with E-state index < -0.39 is 29.6 Å². The lowest BCUT2D eigenvalue weighted by atomic mass is 10.1. The van der Waals surface area contributed by atoms with Crippen LogP contribution in [0.4, 0.5) is 4.79 Å². The lowest BCUT2D eigenvalue weighted by molar-refractivity contribution is -0.137. The number of rotatable bonds is 9. The number of carbonyl (C=O) groups excluding carboxylic acids is 2. The van der Waals surface area contributed by atoms with Gasteiger partial charge in [-0.05, 0) is 71.5 Å². The Hall–Kier alpha value is -3.07. The Morgan fingerprint density at radius 1 is 1.22 bits per heavy atom. The molecule has 0 spiro atoms. The highest BCUT2D eigenvalue weighted by molar-refractivity contribution is 5.98. The van der Waals surface area contributed by atoms with E-state index >= 15 is 0 Å². The third kappa shape index (κ3) is 6.98. The highest BCUT2D eigenvalue weighted by atomic mass is 16.6. The zero-order chi connectivity index (χ0) is 24.1. The van der Waals surface area contributed by atoms with Gasteiger partial charge in [0, 0.05) is 24.5 Å². The number of carboxylic acids is 1. The molecule has 2 rings (SSSR count). The van der Waals surface area contributed by atoms with Crippen LogP contribution in [0.3, 0.4) is 0 Å². The molecule has 1 atom stereocenters. The normalized spacial score (nSPS) is 12.6. The van der Waals surface area contributed by atoms with E-state index in [0.717, 1.165) is 17.5 Å². The number of nitrogens with one attached hydrogen (secondary N) is 1. The number of hydrogen-bond donors (Lipinski definition) is 2. The Morgan fingerprint density at radius 2 is 1.91 bits per heavy atom. The van der Waals surface area contributed by atoms with Gasteiger partial charge in [-0.15, -0.1) is 0 Å². The fraction of sp³-hybridized carbons (Fsp3) is 0.522. The molecule has 1 heterocycles. The molecule has 9 nitrogen and oxygen atoms in total. The van der Waals surface area contributed by atoms with Crippen molar-refractivity contribution in [2.75, 3.05) is 27.7 Å². The fourth-order valence-electron chi connectivity index (χ4n) is 3.27. The van der Waals surface area contributed by atoms with Crippen LogP contribution in [0.25, 0.3) is 10.9 Å². The van der Waals surface area contributed by atoms with E-state index in [2.05, 4.69) is 5.32 Å². The predicted octanol–water partition coefficient (Wildman–Crippen LogP) is 3.15. The maximum atomic E-state index is 13.4. The van der Waals surface area contributed by atoms with Crippen molar-refractivity contribution in [2.45, 2.75) is 51.7 Å². The first-order valence-corrected chi connectivity index (χ1v) is 10.5. The van der Waals surface area contributed by atoms with Crippen LogP contribution >= 0.6 is 0 Å². The third-order valence-corrected chi connectivity index (χ3v) is 4.80. The van der Waals surface area contributed by atoms with Crippen molar-refractivity contribution in [2.24, 2.45) is 0 Å². The first kappa shape index (κ1) is 25.2. The maximum Gasteiger partial charge on any atom is 0.408 e. The smallest absolute Gasteiger partial charge is 0.408 e. The summed E-state index contributed by atoms with van der Waals surface area (Å²) in [7, 11) is 5.52. The average molecular weight is 448 g/mol. The largest absolute Gasteiger partial charge is 0.497 e. The first-order chi connectivity index (χ1) is 14.9. The lowest BCUT2D eigenvalue weighted by Crippen LogP contribution is -2.45. The Bertz CT molecular complexity index is 974. The van der Waals surface area contributed by atoms with Crippen molar-refractivity contribution in [1.29, 1.82) is 0 Å². The monoisotopic (exact) mass is 447 g/mol. The van der Waals surface area contributed by atoms with Gasteiger partial charge in [-0.25, -0.2) is 4.79 Å². The van der Waals surface area contributed by atoms with Crippen molar-refractivity contribution < 1.29 is 29.0 Å². The minimum atomic E-state index is -1.06. The van der Waals surface area contributed by atoms with Crippen molar-refractivity contribution in [3.05, 3.63) is 30.0 Å². The predicted molar refractivity (Wildman–Crippen MR) is 121 cm³/mol. The van der Waals surface area contributed by atoms with E-state index in [1.807, 2.05) is 25.1 Å². The number of hydrogen-bond acceptors (Lipinski definition) is 6. The van der Waals surface area contributed by atoms with Crippen LogP contribution in [-0.4, -0.2) is 71.9 Å². The minimum absolute atomic E-state index is 0.0593. The van der Waals surface area contributed by atoms with Gasteiger partial charge in [0.15, 0.2) is 0 Å².